The molecule has 1 saturated heterocycles. The molecule has 1 aliphatic heterocycles. The van der Waals surface area contributed by atoms with Gasteiger partial charge in [0.25, 0.3) is 0 Å². The third-order valence-corrected chi connectivity index (χ3v) is 4.84. The van der Waals surface area contributed by atoms with Crippen molar-refractivity contribution in [2.24, 2.45) is 5.92 Å². The van der Waals surface area contributed by atoms with Gasteiger partial charge in [-0.3, -0.25) is 0 Å². The Morgan fingerprint density at radius 3 is 2.89 bits per heavy atom. The fourth-order valence-corrected chi connectivity index (χ4v) is 3.66. The summed E-state index contributed by atoms with van der Waals surface area (Å²) in [6.45, 7) is 2.24. The number of fused-ring (bicyclic) bond motifs is 1. The number of hydrogen-bond acceptors (Lipinski definition) is 4. The van der Waals surface area contributed by atoms with Crippen molar-refractivity contribution < 1.29 is 9.50 Å². The van der Waals surface area contributed by atoms with Gasteiger partial charge in [-0.15, -0.1) is 0 Å². The van der Waals surface area contributed by atoms with Crippen LogP contribution in [-0.4, -0.2) is 29.8 Å². The van der Waals surface area contributed by atoms with Gasteiger partial charge >= 0.3 is 0 Å². The average Bonchev–Trinajstić information content (AvgIpc) is 2.83. The Morgan fingerprint density at radius 1 is 1.37 bits per heavy atom. The van der Waals surface area contributed by atoms with Gasteiger partial charge in [-0.2, -0.15) is 0 Å². The SMILES string of the molecule is OCCC1CCN(c2nc3ccc(F)cc3s2)CC1. The largest absolute Gasteiger partial charge is 0.396 e. The highest BCUT2D eigenvalue weighted by atomic mass is 32.1. The zero-order valence-electron chi connectivity index (χ0n) is 10.7. The summed E-state index contributed by atoms with van der Waals surface area (Å²) >= 11 is 1.56. The van der Waals surface area contributed by atoms with Crippen LogP contribution in [0.4, 0.5) is 9.52 Å². The minimum absolute atomic E-state index is 0.204. The minimum Gasteiger partial charge on any atom is -0.396 e. The third kappa shape index (κ3) is 2.72. The smallest absolute Gasteiger partial charge is 0.186 e. The van der Waals surface area contributed by atoms with Crippen LogP contribution < -0.4 is 4.90 Å². The Kier molecular flexibility index (Phi) is 3.66. The highest BCUT2D eigenvalue weighted by Crippen LogP contribution is 2.32. The monoisotopic (exact) mass is 280 g/mol. The number of aliphatic hydroxyl groups is 1. The Labute approximate surface area is 115 Å². The van der Waals surface area contributed by atoms with E-state index in [0.29, 0.717) is 5.92 Å². The van der Waals surface area contributed by atoms with Crippen LogP contribution in [0.15, 0.2) is 18.2 Å². The molecule has 1 aliphatic rings. The van der Waals surface area contributed by atoms with Crippen molar-refractivity contribution in [2.45, 2.75) is 19.3 Å². The summed E-state index contributed by atoms with van der Waals surface area (Å²) in [5, 5.41) is 9.95. The van der Waals surface area contributed by atoms with E-state index in [4.69, 9.17) is 5.11 Å². The number of thiazole rings is 1. The number of anilines is 1. The lowest BCUT2D eigenvalue weighted by Crippen LogP contribution is -2.33. The lowest BCUT2D eigenvalue weighted by atomic mass is 9.94. The van der Waals surface area contributed by atoms with Crippen LogP contribution in [0.1, 0.15) is 19.3 Å². The molecule has 3 rings (SSSR count). The second kappa shape index (κ2) is 5.43. The molecule has 102 valence electrons. The molecule has 0 saturated carbocycles. The fraction of sp³-hybridized carbons (Fsp3) is 0.500. The molecular formula is C14H17FN2OS. The molecule has 3 nitrogen and oxygen atoms in total. The van der Waals surface area contributed by atoms with Crippen LogP contribution >= 0.6 is 11.3 Å². The van der Waals surface area contributed by atoms with Crippen LogP contribution in [0, 0.1) is 11.7 Å². The summed E-state index contributed by atoms with van der Waals surface area (Å²) in [7, 11) is 0. The first kappa shape index (κ1) is 12.8. The fourth-order valence-electron chi connectivity index (χ4n) is 2.62. The van der Waals surface area contributed by atoms with E-state index < -0.39 is 0 Å². The van der Waals surface area contributed by atoms with Gasteiger partial charge in [0.05, 0.1) is 10.2 Å². The summed E-state index contributed by atoms with van der Waals surface area (Å²) in [5.74, 6) is 0.428. The molecular weight excluding hydrogens is 263 g/mol. The lowest BCUT2D eigenvalue weighted by Gasteiger charge is -2.31. The van der Waals surface area contributed by atoms with Crippen molar-refractivity contribution in [3.63, 3.8) is 0 Å². The number of hydrogen-bond donors (Lipinski definition) is 1. The Bertz CT molecular complexity index is 564. The number of rotatable bonds is 3. The molecule has 1 fully saturated rings. The highest BCUT2D eigenvalue weighted by molar-refractivity contribution is 7.22. The van der Waals surface area contributed by atoms with Gasteiger partial charge in [0.2, 0.25) is 0 Å². The summed E-state index contributed by atoms with van der Waals surface area (Å²) in [6, 6.07) is 4.75. The summed E-state index contributed by atoms with van der Waals surface area (Å²) in [4.78, 5) is 6.85. The number of aromatic nitrogens is 1. The summed E-state index contributed by atoms with van der Waals surface area (Å²) in [6.07, 6.45) is 3.11. The molecule has 2 aromatic rings. The van der Waals surface area contributed by atoms with Crippen molar-refractivity contribution in [3.8, 4) is 0 Å². The van der Waals surface area contributed by atoms with E-state index in [1.54, 1.807) is 23.5 Å². The number of piperidine rings is 1. The average molecular weight is 280 g/mol. The van der Waals surface area contributed by atoms with Crippen LogP contribution in [0.5, 0.6) is 0 Å². The predicted octanol–water partition coefficient (Wildman–Crippen LogP) is 3.03. The van der Waals surface area contributed by atoms with Crippen LogP contribution in [0.25, 0.3) is 10.2 Å². The van der Waals surface area contributed by atoms with Gasteiger partial charge in [-0.1, -0.05) is 11.3 Å². The molecule has 0 bridgehead atoms. The first-order valence-corrected chi connectivity index (χ1v) is 7.50. The van der Waals surface area contributed by atoms with Gasteiger partial charge in [0.15, 0.2) is 5.13 Å². The van der Waals surface area contributed by atoms with E-state index in [9.17, 15) is 4.39 Å². The van der Waals surface area contributed by atoms with E-state index in [0.717, 1.165) is 47.7 Å². The van der Waals surface area contributed by atoms with Gasteiger partial charge in [-0.05, 0) is 43.4 Å². The molecule has 5 heteroatoms. The quantitative estimate of drug-likeness (QED) is 0.939. The van der Waals surface area contributed by atoms with Crippen LogP contribution in [-0.2, 0) is 0 Å². The molecule has 0 spiro atoms. The summed E-state index contributed by atoms with van der Waals surface area (Å²) in [5.41, 5.74) is 0.874. The van der Waals surface area contributed by atoms with Gasteiger partial charge < -0.3 is 10.0 Å². The third-order valence-electron chi connectivity index (χ3n) is 3.76. The molecule has 2 heterocycles. The van der Waals surface area contributed by atoms with E-state index in [2.05, 4.69) is 9.88 Å². The zero-order chi connectivity index (χ0) is 13.2. The first-order chi connectivity index (χ1) is 9.26. The van der Waals surface area contributed by atoms with Crippen molar-refractivity contribution in [3.05, 3.63) is 24.0 Å². The lowest BCUT2D eigenvalue weighted by molar-refractivity contribution is 0.240. The molecule has 0 aliphatic carbocycles. The zero-order valence-corrected chi connectivity index (χ0v) is 11.5. The van der Waals surface area contributed by atoms with Crippen LogP contribution in [0.3, 0.4) is 0 Å². The van der Waals surface area contributed by atoms with E-state index in [-0.39, 0.29) is 12.4 Å². The van der Waals surface area contributed by atoms with E-state index in [1.165, 1.54) is 6.07 Å². The topological polar surface area (TPSA) is 36.4 Å². The van der Waals surface area contributed by atoms with Crippen molar-refractivity contribution in [2.75, 3.05) is 24.6 Å². The normalized spacial score (nSPS) is 17.3. The van der Waals surface area contributed by atoms with Gasteiger partial charge in [0, 0.05) is 19.7 Å². The van der Waals surface area contributed by atoms with Gasteiger partial charge in [-0.25, -0.2) is 9.37 Å². The Balaban J connectivity index is 1.74. The molecule has 1 aromatic carbocycles. The second-order valence-corrected chi connectivity index (χ2v) is 6.06. The molecule has 0 unspecified atom stereocenters. The summed E-state index contributed by atoms with van der Waals surface area (Å²) < 4.78 is 14.1. The van der Waals surface area contributed by atoms with Crippen molar-refractivity contribution >= 4 is 26.7 Å². The van der Waals surface area contributed by atoms with Crippen molar-refractivity contribution in [1.82, 2.24) is 4.98 Å². The maximum atomic E-state index is 13.2. The first-order valence-electron chi connectivity index (χ1n) is 6.68. The molecule has 1 N–H and O–H groups in total. The number of nitrogens with zero attached hydrogens (tertiary/aromatic N) is 2. The maximum Gasteiger partial charge on any atom is 0.186 e. The second-order valence-electron chi connectivity index (χ2n) is 5.05. The predicted molar refractivity (Wildman–Crippen MR) is 76.2 cm³/mol. The van der Waals surface area contributed by atoms with E-state index >= 15 is 0 Å². The molecule has 0 amide bonds. The number of benzene rings is 1. The molecule has 0 atom stereocenters. The Morgan fingerprint density at radius 2 is 2.16 bits per heavy atom. The molecule has 19 heavy (non-hydrogen) atoms. The Hall–Kier alpha value is -1.20. The van der Waals surface area contributed by atoms with Gasteiger partial charge in [0.1, 0.15) is 5.82 Å². The number of halogens is 1. The maximum absolute atomic E-state index is 13.2. The molecule has 0 radical (unpaired) electrons. The highest BCUT2D eigenvalue weighted by Gasteiger charge is 2.21. The number of aliphatic hydroxyl groups excluding tert-OH is 1. The standard InChI is InChI=1S/C14H17FN2OS/c15-11-1-2-12-13(9-11)19-14(16-12)17-6-3-10(4-7-17)5-8-18/h1-2,9-10,18H,3-8H2. The van der Waals surface area contributed by atoms with E-state index in [1.807, 2.05) is 0 Å². The minimum atomic E-state index is -0.204. The van der Waals surface area contributed by atoms with Crippen molar-refractivity contribution in [1.29, 1.82) is 0 Å². The molecule has 1 aromatic heterocycles. The van der Waals surface area contributed by atoms with Crippen LogP contribution in [0.2, 0.25) is 0 Å².